The van der Waals surface area contributed by atoms with Gasteiger partial charge in [0.25, 0.3) is 0 Å². The lowest BCUT2D eigenvalue weighted by Gasteiger charge is -2.21. The summed E-state index contributed by atoms with van der Waals surface area (Å²) in [4.78, 5) is 0. The molecule has 2 aliphatic heterocycles. The zero-order valence-electron chi connectivity index (χ0n) is 9.08. The van der Waals surface area contributed by atoms with Gasteiger partial charge in [0.05, 0.1) is 13.2 Å². The van der Waals surface area contributed by atoms with E-state index in [0.717, 1.165) is 12.2 Å². The van der Waals surface area contributed by atoms with Gasteiger partial charge in [-0.25, -0.2) is 0 Å². The molecule has 0 N–H and O–H groups in total. The zero-order valence-corrected chi connectivity index (χ0v) is 9.08. The summed E-state index contributed by atoms with van der Waals surface area (Å²) in [6, 6.07) is 0. The average Bonchev–Trinajstić information content (AvgIpc) is 2.59. The number of ether oxygens (including phenoxy) is 3. The molecule has 0 aromatic carbocycles. The molecule has 2 saturated heterocycles. The van der Waals surface area contributed by atoms with Crippen molar-refractivity contribution in [3.05, 3.63) is 12.2 Å². The Hall–Kier alpha value is -0.380. The fourth-order valence-corrected chi connectivity index (χ4v) is 1.95. The summed E-state index contributed by atoms with van der Waals surface area (Å²) in [5.41, 5.74) is 1.14. The molecule has 0 aromatic heterocycles. The van der Waals surface area contributed by atoms with Crippen LogP contribution in [-0.2, 0) is 14.2 Å². The molecule has 2 fully saturated rings. The molecule has 0 amide bonds. The normalized spacial score (nSPS) is 41.9. The molecule has 0 aromatic rings. The average molecular weight is 198 g/mol. The van der Waals surface area contributed by atoms with E-state index in [0.29, 0.717) is 12.5 Å². The summed E-state index contributed by atoms with van der Waals surface area (Å²) in [6.07, 6.45) is 0.0363. The molecule has 0 saturated carbocycles. The van der Waals surface area contributed by atoms with Gasteiger partial charge >= 0.3 is 0 Å². The van der Waals surface area contributed by atoms with Gasteiger partial charge in [-0.1, -0.05) is 13.5 Å². The van der Waals surface area contributed by atoms with Gasteiger partial charge in [0.1, 0.15) is 12.2 Å². The fourth-order valence-electron chi connectivity index (χ4n) is 1.95. The molecule has 2 aliphatic rings. The van der Waals surface area contributed by atoms with E-state index in [2.05, 4.69) is 13.5 Å². The van der Waals surface area contributed by atoms with Gasteiger partial charge in [-0.3, -0.25) is 0 Å². The Morgan fingerprint density at radius 3 is 2.50 bits per heavy atom. The molecule has 0 aliphatic carbocycles. The molecule has 0 spiro atoms. The van der Waals surface area contributed by atoms with E-state index in [-0.39, 0.29) is 12.2 Å². The molecule has 3 heteroatoms. The van der Waals surface area contributed by atoms with Crippen molar-refractivity contribution in [2.45, 2.75) is 38.8 Å². The summed E-state index contributed by atoms with van der Waals surface area (Å²) >= 11 is 0. The first-order valence-electron chi connectivity index (χ1n) is 5.12. The van der Waals surface area contributed by atoms with Crippen LogP contribution >= 0.6 is 0 Å². The van der Waals surface area contributed by atoms with Crippen LogP contribution in [0.2, 0.25) is 0 Å². The van der Waals surface area contributed by atoms with Gasteiger partial charge in [0.2, 0.25) is 0 Å². The lowest BCUT2D eigenvalue weighted by atomic mass is 9.99. The van der Waals surface area contributed by atoms with Crippen LogP contribution in [0.5, 0.6) is 0 Å². The molecule has 0 bridgehead atoms. The van der Waals surface area contributed by atoms with Crippen LogP contribution < -0.4 is 0 Å². The molecule has 3 atom stereocenters. The second-order valence-corrected chi connectivity index (χ2v) is 4.60. The van der Waals surface area contributed by atoms with Crippen molar-refractivity contribution in [1.82, 2.24) is 0 Å². The monoisotopic (exact) mass is 198 g/mol. The maximum atomic E-state index is 5.74. The molecular weight excluding hydrogens is 180 g/mol. The Balaban J connectivity index is 2.01. The van der Waals surface area contributed by atoms with Crippen molar-refractivity contribution >= 4 is 0 Å². The molecule has 3 nitrogen and oxygen atoms in total. The lowest BCUT2D eigenvalue weighted by molar-refractivity contribution is -0.149. The van der Waals surface area contributed by atoms with E-state index in [1.807, 2.05) is 13.8 Å². The minimum Gasteiger partial charge on any atom is -0.370 e. The quantitative estimate of drug-likeness (QED) is 0.600. The SMILES string of the molecule is C=C1[C@@H](C)CO[C@@H]1[C@H]1COC(C)(C)O1. The Kier molecular flexibility index (Phi) is 2.41. The van der Waals surface area contributed by atoms with Crippen LogP contribution in [0.4, 0.5) is 0 Å². The lowest BCUT2D eigenvalue weighted by Crippen LogP contribution is -2.31. The van der Waals surface area contributed by atoms with E-state index in [1.54, 1.807) is 0 Å². The first-order valence-corrected chi connectivity index (χ1v) is 5.12. The highest BCUT2D eigenvalue weighted by atomic mass is 16.7. The maximum absolute atomic E-state index is 5.74. The highest BCUT2D eigenvalue weighted by Crippen LogP contribution is 2.33. The predicted molar refractivity (Wildman–Crippen MR) is 52.9 cm³/mol. The van der Waals surface area contributed by atoms with Crippen molar-refractivity contribution in [2.75, 3.05) is 13.2 Å². The highest BCUT2D eigenvalue weighted by Gasteiger charge is 2.42. The van der Waals surface area contributed by atoms with Gasteiger partial charge < -0.3 is 14.2 Å². The molecule has 14 heavy (non-hydrogen) atoms. The van der Waals surface area contributed by atoms with Crippen LogP contribution in [0.25, 0.3) is 0 Å². The van der Waals surface area contributed by atoms with Crippen molar-refractivity contribution in [2.24, 2.45) is 5.92 Å². The van der Waals surface area contributed by atoms with Crippen molar-refractivity contribution < 1.29 is 14.2 Å². The number of rotatable bonds is 1. The summed E-state index contributed by atoms with van der Waals surface area (Å²) in [7, 11) is 0. The van der Waals surface area contributed by atoms with E-state index >= 15 is 0 Å². The Morgan fingerprint density at radius 1 is 1.36 bits per heavy atom. The smallest absolute Gasteiger partial charge is 0.163 e. The van der Waals surface area contributed by atoms with E-state index in [1.165, 1.54) is 0 Å². The van der Waals surface area contributed by atoms with Crippen LogP contribution in [0.3, 0.4) is 0 Å². The van der Waals surface area contributed by atoms with Crippen LogP contribution in [0.1, 0.15) is 20.8 Å². The van der Waals surface area contributed by atoms with Gasteiger partial charge in [-0.05, 0) is 19.4 Å². The first-order chi connectivity index (χ1) is 6.49. The Bertz CT molecular complexity index is 247. The Morgan fingerprint density at radius 2 is 2.07 bits per heavy atom. The fraction of sp³-hybridized carbons (Fsp3) is 0.818. The van der Waals surface area contributed by atoms with Gasteiger partial charge in [0.15, 0.2) is 5.79 Å². The van der Waals surface area contributed by atoms with E-state index in [4.69, 9.17) is 14.2 Å². The zero-order chi connectivity index (χ0) is 10.3. The molecular formula is C11H18O3. The summed E-state index contributed by atoms with van der Waals surface area (Å²) in [5, 5.41) is 0. The third-order valence-corrected chi connectivity index (χ3v) is 2.89. The maximum Gasteiger partial charge on any atom is 0.163 e. The first kappa shape index (κ1) is 10.1. The second-order valence-electron chi connectivity index (χ2n) is 4.60. The van der Waals surface area contributed by atoms with Crippen LogP contribution in [0.15, 0.2) is 12.2 Å². The van der Waals surface area contributed by atoms with Gasteiger partial charge in [-0.2, -0.15) is 0 Å². The third kappa shape index (κ3) is 1.72. The van der Waals surface area contributed by atoms with Crippen molar-refractivity contribution in [3.8, 4) is 0 Å². The van der Waals surface area contributed by atoms with E-state index in [9.17, 15) is 0 Å². The van der Waals surface area contributed by atoms with Crippen LogP contribution in [0, 0.1) is 5.92 Å². The van der Waals surface area contributed by atoms with Gasteiger partial charge in [-0.15, -0.1) is 0 Å². The second kappa shape index (κ2) is 3.33. The highest BCUT2D eigenvalue weighted by molar-refractivity contribution is 5.14. The molecule has 2 rings (SSSR count). The number of hydrogen-bond acceptors (Lipinski definition) is 3. The minimum absolute atomic E-state index is 0.0162. The molecule has 0 radical (unpaired) electrons. The van der Waals surface area contributed by atoms with Crippen molar-refractivity contribution in [3.63, 3.8) is 0 Å². The summed E-state index contributed by atoms with van der Waals surface area (Å²) in [6.45, 7) is 11.4. The van der Waals surface area contributed by atoms with E-state index < -0.39 is 5.79 Å². The topological polar surface area (TPSA) is 27.7 Å². The molecule has 80 valence electrons. The predicted octanol–water partition coefficient (Wildman–Crippen LogP) is 1.73. The largest absolute Gasteiger partial charge is 0.370 e. The van der Waals surface area contributed by atoms with Crippen LogP contribution in [-0.4, -0.2) is 31.2 Å². The molecule has 0 unspecified atom stereocenters. The molecule has 2 heterocycles. The third-order valence-electron chi connectivity index (χ3n) is 2.89. The standard InChI is InChI=1S/C11H18O3/c1-7-5-12-10(8(7)2)9-6-13-11(3,4)14-9/h7,9-10H,2,5-6H2,1,3-4H3/t7-,9+,10-/m0/s1. The summed E-state index contributed by atoms with van der Waals surface area (Å²) < 4.78 is 16.9. The summed E-state index contributed by atoms with van der Waals surface area (Å²) in [5.74, 6) is -0.0348. The minimum atomic E-state index is -0.472. The van der Waals surface area contributed by atoms with Gasteiger partial charge in [0, 0.05) is 5.92 Å². The van der Waals surface area contributed by atoms with Crippen molar-refractivity contribution in [1.29, 1.82) is 0 Å². The number of hydrogen-bond donors (Lipinski definition) is 0. The Labute approximate surface area is 85.0 Å².